The molecule has 0 saturated carbocycles. The van der Waals surface area contributed by atoms with Crippen LogP contribution in [0.2, 0.25) is 0 Å². The van der Waals surface area contributed by atoms with E-state index in [4.69, 9.17) is 14.2 Å². The van der Waals surface area contributed by atoms with E-state index in [0.29, 0.717) is 19.3 Å². The average Bonchev–Trinajstić information content (AvgIpc) is 3.49. The zero-order valence-electron chi connectivity index (χ0n) is 55.2. The predicted molar refractivity (Wildman–Crippen MR) is 362 cm³/mol. The quantitative estimate of drug-likeness (QED) is 0.0261. The van der Waals surface area contributed by atoms with Crippen molar-refractivity contribution in [1.29, 1.82) is 0 Å². The van der Waals surface area contributed by atoms with Gasteiger partial charge in [-0.1, -0.05) is 311 Å². The van der Waals surface area contributed by atoms with Gasteiger partial charge in [0, 0.05) is 19.3 Å². The summed E-state index contributed by atoms with van der Waals surface area (Å²) in [6, 6.07) is 0. The van der Waals surface area contributed by atoms with E-state index >= 15 is 0 Å². The monoisotopic (exact) mass is 1160 g/mol. The van der Waals surface area contributed by atoms with Gasteiger partial charge < -0.3 is 14.2 Å². The average molecular weight is 1160 g/mol. The number of hydrogen-bond acceptors (Lipinski definition) is 6. The van der Waals surface area contributed by atoms with Crippen LogP contribution in [0.1, 0.15) is 367 Å². The molecule has 6 heteroatoms. The summed E-state index contributed by atoms with van der Waals surface area (Å²) in [6.07, 6.45) is 94.7. The summed E-state index contributed by atoms with van der Waals surface area (Å²) in [6.45, 7) is 6.60. The van der Waals surface area contributed by atoms with Crippen LogP contribution in [-0.2, 0) is 28.6 Å². The van der Waals surface area contributed by atoms with Crippen LogP contribution in [0, 0.1) is 0 Å². The van der Waals surface area contributed by atoms with Crippen LogP contribution in [0.25, 0.3) is 0 Å². The minimum atomic E-state index is -0.787. The largest absolute Gasteiger partial charge is 0.462 e. The summed E-state index contributed by atoms with van der Waals surface area (Å²) >= 11 is 0. The van der Waals surface area contributed by atoms with Crippen molar-refractivity contribution >= 4 is 17.9 Å². The van der Waals surface area contributed by atoms with E-state index in [-0.39, 0.29) is 31.1 Å². The summed E-state index contributed by atoms with van der Waals surface area (Å²) in [5.41, 5.74) is 0. The lowest BCUT2D eigenvalue weighted by molar-refractivity contribution is -0.167. The van der Waals surface area contributed by atoms with Gasteiger partial charge in [-0.15, -0.1) is 0 Å². The highest BCUT2D eigenvalue weighted by Gasteiger charge is 2.19. The molecule has 1 unspecified atom stereocenters. The summed E-state index contributed by atoms with van der Waals surface area (Å²) in [4.78, 5) is 38.4. The van der Waals surface area contributed by atoms with E-state index in [9.17, 15) is 14.4 Å². The van der Waals surface area contributed by atoms with Gasteiger partial charge in [0.15, 0.2) is 6.10 Å². The molecule has 1 atom stereocenters. The Bertz CT molecular complexity index is 1570. The Labute approximate surface area is 515 Å². The van der Waals surface area contributed by atoms with E-state index < -0.39 is 6.10 Å². The molecule has 0 amide bonds. The van der Waals surface area contributed by atoms with E-state index in [1.807, 2.05) is 0 Å². The minimum Gasteiger partial charge on any atom is -0.462 e. The molecule has 0 heterocycles. The molecule has 0 spiro atoms. The summed E-state index contributed by atoms with van der Waals surface area (Å²) in [7, 11) is 0. The van der Waals surface area contributed by atoms with Gasteiger partial charge in [-0.05, 0) is 122 Å². The maximum absolute atomic E-state index is 12.9. The number of rotatable bonds is 66. The van der Waals surface area contributed by atoms with Crippen molar-refractivity contribution in [2.75, 3.05) is 13.2 Å². The van der Waals surface area contributed by atoms with E-state index in [0.717, 1.165) is 103 Å². The van der Waals surface area contributed by atoms with Crippen molar-refractivity contribution in [3.05, 3.63) is 85.1 Å². The van der Waals surface area contributed by atoms with Crippen LogP contribution < -0.4 is 0 Å². The van der Waals surface area contributed by atoms with Gasteiger partial charge in [0.05, 0.1) is 0 Å². The number of carbonyl (C=O) groups is 3. The maximum Gasteiger partial charge on any atom is 0.306 e. The topological polar surface area (TPSA) is 78.9 Å². The third kappa shape index (κ3) is 69.3. The molecule has 480 valence electrons. The number of esters is 3. The smallest absolute Gasteiger partial charge is 0.306 e. The Morgan fingerprint density at radius 2 is 0.434 bits per heavy atom. The van der Waals surface area contributed by atoms with Crippen LogP contribution in [0.15, 0.2) is 85.1 Å². The van der Waals surface area contributed by atoms with Gasteiger partial charge in [0.1, 0.15) is 13.2 Å². The van der Waals surface area contributed by atoms with Gasteiger partial charge in [-0.3, -0.25) is 14.4 Å². The molecule has 0 fully saturated rings. The summed E-state index contributed by atoms with van der Waals surface area (Å²) in [5, 5.41) is 0. The van der Waals surface area contributed by atoms with Crippen LogP contribution >= 0.6 is 0 Å². The molecule has 83 heavy (non-hydrogen) atoms. The molecule has 0 aliphatic carbocycles. The van der Waals surface area contributed by atoms with Crippen LogP contribution in [0.5, 0.6) is 0 Å². The Kier molecular flexibility index (Phi) is 68.2. The second-order valence-electron chi connectivity index (χ2n) is 24.1. The standard InChI is InChI=1S/C77H136O6/c1-4-7-10-13-16-19-22-25-28-30-31-32-33-34-35-36-37-38-39-40-41-42-43-44-45-47-49-52-55-58-61-64-67-70-76(79)82-73-74(72-81-75(78)69-66-63-60-57-54-51-48-27-24-21-18-15-12-9-6-3)83-77(80)71-68-65-62-59-56-53-50-46-29-26-23-20-17-14-11-8-5-2/h17-18,20-22,25-27,29-31,33-34,48,74H,4-16,19,23-24,28,32,35-47,49-73H2,1-3H3/b20-17-,21-18-,25-22-,29-26-,31-30-,34-33-,48-27-. The third-order valence-corrected chi connectivity index (χ3v) is 15.8. The lowest BCUT2D eigenvalue weighted by atomic mass is 10.0. The number of carbonyl (C=O) groups excluding carboxylic acids is 3. The molecular weight excluding hydrogens is 1020 g/mol. The number of hydrogen-bond donors (Lipinski definition) is 0. The second kappa shape index (κ2) is 71.1. The van der Waals surface area contributed by atoms with Crippen molar-refractivity contribution in [1.82, 2.24) is 0 Å². The first-order chi connectivity index (χ1) is 41.0. The molecular formula is C77H136O6. The van der Waals surface area contributed by atoms with Gasteiger partial charge >= 0.3 is 17.9 Å². The van der Waals surface area contributed by atoms with E-state index in [2.05, 4.69) is 106 Å². The lowest BCUT2D eigenvalue weighted by Gasteiger charge is -2.18. The molecule has 0 N–H and O–H groups in total. The first-order valence-corrected chi connectivity index (χ1v) is 36.1. The first-order valence-electron chi connectivity index (χ1n) is 36.1. The zero-order valence-corrected chi connectivity index (χ0v) is 55.2. The summed E-state index contributed by atoms with van der Waals surface area (Å²) < 4.78 is 17.0. The van der Waals surface area contributed by atoms with Gasteiger partial charge in [0.25, 0.3) is 0 Å². The van der Waals surface area contributed by atoms with Gasteiger partial charge in [0.2, 0.25) is 0 Å². The fraction of sp³-hybridized carbons (Fsp3) is 0.779. The molecule has 0 aliphatic rings. The third-order valence-electron chi connectivity index (χ3n) is 15.8. The molecule has 0 rings (SSSR count). The highest BCUT2D eigenvalue weighted by atomic mass is 16.6. The normalized spacial score (nSPS) is 12.6. The van der Waals surface area contributed by atoms with Gasteiger partial charge in [-0.2, -0.15) is 0 Å². The van der Waals surface area contributed by atoms with Crippen molar-refractivity contribution < 1.29 is 28.6 Å². The van der Waals surface area contributed by atoms with Crippen molar-refractivity contribution in [2.24, 2.45) is 0 Å². The second-order valence-corrected chi connectivity index (χ2v) is 24.1. The Balaban J connectivity index is 4.20. The molecule has 0 aliphatic heterocycles. The maximum atomic E-state index is 12.9. The SMILES string of the molecule is CCCCC/C=C\C/C=C\CCCCCCCCCC(=O)OC(COC(=O)CCCCCCC/C=C\C/C=C\CCCCC)COC(=O)CCCCCCCCCCCCCCCCCCCC/C=C\C/C=C\C/C=C\CCCCCCC. The van der Waals surface area contributed by atoms with Crippen molar-refractivity contribution in [2.45, 2.75) is 374 Å². The molecule has 0 aromatic rings. The summed E-state index contributed by atoms with van der Waals surface area (Å²) in [5.74, 6) is -0.886. The molecule has 0 saturated heterocycles. The van der Waals surface area contributed by atoms with Gasteiger partial charge in [-0.25, -0.2) is 0 Å². The number of ether oxygens (including phenoxy) is 3. The predicted octanol–water partition coefficient (Wildman–Crippen LogP) is 25.0. The van der Waals surface area contributed by atoms with Crippen LogP contribution in [0.4, 0.5) is 0 Å². The molecule has 0 radical (unpaired) electrons. The lowest BCUT2D eigenvalue weighted by Crippen LogP contribution is -2.30. The van der Waals surface area contributed by atoms with Crippen molar-refractivity contribution in [3.63, 3.8) is 0 Å². The Hall–Kier alpha value is -3.41. The Morgan fingerprint density at radius 1 is 0.241 bits per heavy atom. The zero-order chi connectivity index (χ0) is 59.9. The highest BCUT2D eigenvalue weighted by molar-refractivity contribution is 5.71. The Morgan fingerprint density at radius 3 is 0.699 bits per heavy atom. The minimum absolute atomic E-state index is 0.0813. The fourth-order valence-corrected chi connectivity index (χ4v) is 10.4. The first kappa shape index (κ1) is 79.6. The van der Waals surface area contributed by atoms with Crippen LogP contribution in [-0.4, -0.2) is 37.2 Å². The molecule has 0 bridgehead atoms. The van der Waals surface area contributed by atoms with Crippen molar-refractivity contribution in [3.8, 4) is 0 Å². The fourth-order valence-electron chi connectivity index (χ4n) is 10.4. The molecule has 6 nitrogen and oxygen atoms in total. The molecule has 0 aromatic heterocycles. The van der Waals surface area contributed by atoms with E-state index in [1.165, 1.54) is 225 Å². The van der Waals surface area contributed by atoms with E-state index in [1.54, 1.807) is 0 Å². The number of unbranched alkanes of at least 4 members (excludes halogenated alkanes) is 41. The van der Waals surface area contributed by atoms with Crippen LogP contribution in [0.3, 0.4) is 0 Å². The molecule has 0 aromatic carbocycles. The number of allylic oxidation sites excluding steroid dienone is 14. The highest BCUT2D eigenvalue weighted by Crippen LogP contribution is 2.17.